The summed E-state index contributed by atoms with van der Waals surface area (Å²) in [5.74, 6) is 1.70. The first-order chi connectivity index (χ1) is 7.62. The molecule has 0 saturated heterocycles. The standard InChI is InChI=1S/C11H17ClN2O2/c1-5-8(12)7(2)11-13-9(15-3)6-10(14-11)16-4/h6-8H,5H2,1-4H3. The van der Waals surface area contributed by atoms with E-state index in [0.29, 0.717) is 17.6 Å². The summed E-state index contributed by atoms with van der Waals surface area (Å²) in [5.41, 5.74) is 0. The average Bonchev–Trinajstić information content (AvgIpc) is 2.35. The molecule has 90 valence electrons. The van der Waals surface area contributed by atoms with Crippen LogP contribution >= 0.6 is 11.6 Å². The van der Waals surface area contributed by atoms with Crippen LogP contribution in [0.3, 0.4) is 0 Å². The molecule has 1 rings (SSSR count). The highest BCUT2D eigenvalue weighted by atomic mass is 35.5. The lowest BCUT2D eigenvalue weighted by molar-refractivity contribution is 0.365. The summed E-state index contributed by atoms with van der Waals surface area (Å²) in [6.07, 6.45) is 0.867. The number of hydrogen-bond acceptors (Lipinski definition) is 4. The molecule has 0 amide bonds. The number of rotatable bonds is 5. The van der Waals surface area contributed by atoms with E-state index in [0.717, 1.165) is 6.42 Å². The van der Waals surface area contributed by atoms with Gasteiger partial charge in [-0.2, -0.15) is 9.97 Å². The molecule has 0 saturated carbocycles. The second kappa shape index (κ2) is 5.89. The van der Waals surface area contributed by atoms with Gasteiger partial charge in [0.2, 0.25) is 11.8 Å². The maximum Gasteiger partial charge on any atom is 0.220 e. The molecule has 0 spiro atoms. The molecule has 16 heavy (non-hydrogen) atoms. The fourth-order valence-corrected chi connectivity index (χ4v) is 1.46. The van der Waals surface area contributed by atoms with E-state index >= 15 is 0 Å². The van der Waals surface area contributed by atoms with Crippen LogP contribution in [0, 0.1) is 0 Å². The Morgan fingerprint density at radius 2 is 1.75 bits per heavy atom. The van der Waals surface area contributed by atoms with E-state index in [4.69, 9.17) is 21.1 Å². The molecule has 0 aliphatic heterocycles. The third-order valence-corrected chi connectivity index (χ3v) is 3.14. The van der Waals surface area contributed by atoms with Gasteiger partial charge in [-0.05, 0) is 6.42 Å². The summed E-state index contributed by atoms with van der Waals surface area (Å²) in [6, 6.07) is 1.64. The zero-order valence-electron chi connectivity index (χ0n) is 10.0. The van der Waals surface area contributed by atoms with Gasteiger partial charge in [0.15, 0.2) is 0 Å². The van der Waals surface area contributed by atoms with E-state index in [-0.39, 0.29) is 11.3 Å². The summed E-state index contributed by atoms with van der Waals surface area (Å²) in [4.78, 5) is 8.54. The van der Waals surface area contributed by atoms with E-state index in [1.165, 1.54) is 0 Å². The van der Waals surface area contributed by atoms with Crippen molar-refractivity contribution < 1.29 is 9.47 Å². The first kappa shape index (κ1) is 13.0. The van der Waals surface area contributed by atoms with Crippen LogP contribution in [0.5, 0.6) is 11.8 Å². The lowest BCUT2D eigenvalue weighted by Gasteiger charge is -2.16. The minimum atomic E-state index is 0.0109. The highest BCUT2D eigenvalue weighted by Crippen LogP contribution is 2.26. The SMILES string of the molecule is CCC(Cl)C(C)c1nc(OC)cc(OC)n1. The molecule has 0 aromatic carbocycles. The number of ether oxygens (including phenoxy) is 2. The quantitative estimate of drug-likeness (QED) is 0.747. The first-order valence-electron chi connectivity index (χ1n) is 5.23. The highest BCUT2D eigenvalue weighted by molar-refractivity contribution is 6.21. The smallest absolute Gasteiger partial charge is 0.220 e. The zero-order valence-corrected chi connectivity index (χ0v) is 10.8. The fraction of sp³-hybridized carbons (Fsp3) is 0.636. The Morgan fingerprint density at radius 1 is 1.25 bits per heavy atom. The lowest BCUT2D eigenvalue weighted by atomic mass is 10.1. The maximum atomic E-state index is 6.18. The van der Waals surface area contributed by atoms with Crippen LogP contribution in [0.15, 0.2) is 6.07 Å². The Hall–Kier alpha value is -1.03. The Labute approximate surface area is 101 Å². The minimum absolute atomic E-state index is 0.0109. The molecule has 5 heteroatoms. The molecule has 1 aromatic heterocycles. The van der Waals surface area contributed by atoms with Gasteiger partial charge in [0.1, 0.15) is 5.82 Å². The van der Waals surface area contributed by atoms with Crippen molar-refractivity contribution in [3.63, 3.8) is 0 Å². The first-order valence-corrected chi connectivity index (χ1v) is 5.67. The van der Waals surface area contributed by atoms with Crippen molar-refractivity contribution in [2.75, 3.05) is 14.2 Å². The van der Waals surface area contributed by atoms with Gasteiger partial charge in [0.05, 0.1) is 20.3 Å². The topological polar surface area (TPSA) is 44.2 Å². The van der Waals surface area contributed by atoms with E-state index in [1.54, 1.807) is 20.3 Å². The van der Waals surface area contributed by atoms with Crippen LogP contribution in [-0.2, 0) is 0 Å². The van der Waals surface area contributed by atoms with Gasteiger partial charge >= 0.3 is 0 Å². The monoisotopic (exact) mass is 244 g/mol. The van der Waals surface area contributed by atoms with Gasteiger partial charge in [-0.1, -0.05) is 13.8 Å². The molecule has 4 nitrogen and oxygen atoms in total. The number of hydrogen-bond donors (Lipinski definition) is 0. The summed E-state index contributed by atoms with van der Waals surface area (Å²) in [6.45, 7) is 4.03. The Morgan fingerprint density at radius 3 is 2.12 bits per heavy atom. The number of alkyl halides is 1. The Kier molecular flexibility index (Phi) is 4.80. The van der Waals surface area contributed by atoms with Crippen LogP contribution in [-0.4, -0.2) is 29.6 Å². The lowest BCUT2D eigenvalue weighted by Crippen LogP contribution is -2.13. The third kappa shape index (κ3) is 2.98. The van der Waals surface area contributed by atoms with E-state index in [2.05, 4.69) is 9.97 Å². The van der Waals surface area contributed by atoms with E-state index in [1.807, 2.05) is 13.8 Å². The highest BCUT2D eigenvalue weighted by Gasteiger charge is 2.19. The predicted molar refractivity (Wildman–Crippen MR) is 63.5 cm³/mol. The van der Waals surface area contributed by atoms with E-state index in [9.17, 15) is 0 Å². The third-order valence-electron chi connectivity index (χ3n) is 2.45. The van der Waals surface area contributed by atoms with Gasteiger partial charge in [0.25, 0.3) is 0 Å². The van der Waals surface area contributed by atoms with E-state index < -0.39 is 0 Å². The van der Waals surface area contributed by atoms with Crippen LogP contribution in [0.25, 0.3) is 0 Å². The second-order valence-electron chi connectivity index (χ2n) is 3.52. The molecule has 0 radical (unpaired) electrons. The molecular formula is C11H17ClN2O2. The van der Waals surface area contributed by atoms with Gasteiger partial charge < -0.3 is 9.47 Å². The van der Waals surface area contributed by atoms with Crippen molar-refractivity contribution in [3.05, 3.63) is 11.9 Å². The van der Waals surface area contributed by atoms with Crippen molar-refractivity contribution in [2.24, 2.45) is 0 Å². The molecule has 1 heterocycles. The average molecular weight is 245 g/mol. The summed E-state index contributed by atoms with van der Waals surface area (Å²) in [5, 5.41) is 0.0109. The van der Waals surface area contributed by atoms with Crippen LogP contribution in [0.4, 0.5) is 0 Å². The molecule has 0 N–H and O–H groups in total. The van der Waals surface area contributed by atoms with Crippen molar-refractivity contribution in [3.8, 4) is 11.8 Å². The maximum absolute atomic E-state index is 6.18. The molecule has 2 atom stereocenters. The number of aromatic nitrogens is 2. The predicted octanol–water partition coefficient (Wildman–Crippen LogP) is 2.61. The van der Waals surface area contributed by atoms with Crippen LogP contribution in [0.2, 0.25) is 0 Å². The molecular weight excluding hydrogens is 228 g/mol. The van der Waals surface area contributed by atoms with Gasteiger partial charge in [0, 0.05) is 11.3 Å². The normalized spacial score (nSPS) is 14.3. The summed E-state index contributed by atoms with van der Waals surface area (Å²) in [7, 11) is 3.13. The van der Waals surface area contributed by atoms with Gasteiger partial charge in [-0.25, -0.2) is 0 Å². The van der Waals surface area contributed by atoms with Gasteiger partial charge in [-0.3, -0.25) is 0 Å². The summed E-state index contributed by atoms with van der Waals surface area (Å²) >= 11 is 6.18. The molecule has 1 aromatic rings. The number of halogens is 1. The second-order valence-corrected chi connectivity index (χ2v) is 4.08. The molecule has 0 aliphatic carbocycles. The van der Waals surface area contributed by atoms with Crippen molar-refractivity contribution in [1.29, 1.82) is 0 Å². The Bertz CT molecular complexity index is 325. The molecule has 0 fully saturated rings. The van der Waals surface area contributed by atoms with Crippen molar-refractivity contribution in [2.45, 2.75) is 31.6 Å². The number of methoxy groups -OCH3 is 2. The van der Waals surface area contributed by atoms with Crippen molar-refractivity contribution in [1.82, 2.24) is 9.97 Å². The molecule has 0 bridgehead atoms. The van der Waals surface area contributed by atoms with Crippen LogP contribution < -0.4 is 9.47 Å². The summed E-state index contributed by atoms with van der Waals surface area (Å²) < 4.78 is 10.2. The zero-order chi connectivity index (χ0) is 12.1. The minimum Gasteiger partial charge on any atom is -0.481 e. The largest absolute Gasteiger partial charge is 0.481 e. The van der Waals surface area contributed by atoms with Gasteiger partial charge in [-0.15, -0.1) is 11.6 Å². The number of nitrogens with zero attached hydrogens (tertiary/aromatic N) is 2. The molecule has 2 unspecified atom stereocenters. The fourth-order valence-electron chi connectivity index (χ4n) is 1.35. The molecule has 0 aliphatic rings. The van der Waals surface area contributed by atoms with Crippen molar-refractivity contribution >= 4 is 11.6 Å². The van der Waals surface area contributed by atoms with Crippen LogP contribution in [0.1, 0.15) is 32.0 Å². The Balaban J connectivity index is 3.02.